The van der Waals surface area contributed by atoms with Crippen LogP contribution in [0.2, 0.25) is 5.02 Å². The first-order valence-corrected chi connectivity index (χ1v) is 11.6. The Hall–Kier alpha value is -2.67. The third kappa shape index (κ3) is 4.58. The van der Waals surface area contributed by atoms with Gasteiger partial charge in [0.1, 0.15) is 6.10 Å². The minimum Gasteiger partial charge on any atom is -0.368 e. The van der Waals surface area contributed by atoms with E-state index in [1.807, 2.05) is 52.0 Å². The van der Waals surface area contributed by atoms with Crippen molar-refractivity contribution in [2.45, 2.75) is 25.5 Å². The number of benzene rings is 2. The van der Waals surface area contributed by atoms with Gasteiger partial charge in [-0.1, -0.05) is 41.9 Å². The molecular weight excluding hydrogens is 424 g/mol. The monoisotopic (exact) mass is 450 g/mol. The molecule has 1 atom stereocenters. The number of aromatic nitrogens is 2. The van der Waals surface area contributed by atoms with Gasteiger partial charge in [-0.3, -0.25) is 9.69 Å². The van der Waals surface area contributed by atoms with Crippen LogP contribution in [0.25, 0.3) is 16.9 Å². The summed E-state index contributed by atoms with van der Waals surface area (Å²) in [6.45, 7) is 4.65. The Morgan fingerprint density at radius 1 is 1.03 bits per heavy atom. The summed E-state index contributed by atoms with van der Waals surface area (Å²) < 4.78 is 7.52. The van der Waals surface area contributed by atoms with Crippen molar-refractivity contribution in [1.82, 2.24) is 19.6 Å². The first-order valence-electron chi connectivity index (χ1n) is 11.2. The van der Waals surface area contributed by atoms with Gasteiger partial charge in [0, 0.05) is 61.7 Å². The Bertz CT molecular complexity index is 1050. The third-order valence-electron chi connectivity index (χ3n) is 6.21. The molecule has 2 aliphatic rings. The fraction of sp³-hybridized carbons (Fsp3) is 0.360. The highest BCUT2D eigenvalue weighted by molar-refractivity contribution is 6.30. The van der Waals surface area contributed by atoms with Crippen LogP contribution >= 0.6 is 11.6 Å². The molecule has 0 aliphatic carbocycles. The molecule has 3 aromatic rings. The average molecular weight is 451 g/mol. The molecule has 2 aromatic carbocycles. The number of nitrogens with zero attached hydrogens (tertiary/aromatic N) is 4. The molecule has 6 nitrogen and oxygen atoms in total. The number of para-hydroxylation sites is 1. The molecule has 0 radical (unpaired) electrons. The van der Waals surface area contributed by atoms with Gasteiger partial charge in [-0.25, -0.2) is 4.68 Å². The minimum absolute atomic E-state index is 0.154. The lowest BCUT2D eigenvalue weighted by molar-refractivity contribution is -0.142. The predicted octanol–water partition coefficient (Wildman–Crippen LogP) is 4.02. The van der Waals surface area contributed by atoms with E-state index in [9.17, 15) is 4.79 Å². The van der Waals surface area contributed by atoms with Crippen LogP contribution in [-0.2, 0) is 16.1 Å². The largest absolute Gasteiger partial charge is 0.368 e. The van der Waals surface area contributed by atoms with E-state index in [1.165, 1.54) is 0 Å². The van der Waals surface area contributed by atoms with Crippen molar-refractivity contribution < 1.29 is 9.53 Å². The van der Waals surface area contributed by atoms with Crippen LogP contribution in [0.15, 0.2) is 60.8 Å². The molecule has 1 unspecified atom stereocenters. The fourth-order valence-corrected chi connectivity index (χ4v) is 4.56. The Kier molecular flexibility index (Phi) is 6.26. The summed E-state index contributed by atoms with van der Waals surface area (Å²) in [6.07, 6.45) is 3.71. The molecule has 7 heteroatoms. The SMILES string of the molecule is O=C(C1CCCO1)N1CCN(Cc2cn(-c3ccccc3)nc2-c2ccc(Cl)cc2)CC1. The van der Waals surface area contributed by atoms with Gasteiger partial charge in [-0.2, -0.15) is 5.10 Å². The molecule has 0 N–H and O–H groups in total. The molecule has 0 spiro atoms. The van der Waals surface area contributed by atoms with Crippen LogP contribution in [0.1, 0.15) is 18.4 Å². The summed E-state index contributed by atoms with van der Waals surface area (Å²) in [5, 5.41) is 5.62. The van der Waals surface area contributed by atoms with Crippen LogP contribution in [0.3, 0.4) is 0 Å². The average Bonchev–Trinajstić information content (AvgIpc) is 3.51. The summed E-state index contributed by atoms with van der Waals surface area (Å²) in [7, 11) is 0. The van der Waals surface area contributed by atoms with Gasteiger partial charge in [-0.05, 0) is 37.1 Å². The molecule has 0 saturated carbocycles. The van der Waals surface area contributed by atoms with Gasteiger partial charge < -0.3 is 9.64 Å². The van der Waals surface area contributed by atoms with Crippen molar-refractivity contribution in [2.75, 3.05) is 32.8 Å². The molecule has 2 fully saturated rings. The van der Waals surface area contributed by atoms with E-state index in [0.29, 0.717) is 11.6 Å². The summed E-state index contributed by atoms with van der Waals surface area (Å²) in [5.74, 6) is 0.154. The van der Waals surface area contributed by atoms with Gasteiger partial charge in [0.05, 0.1) is 11.4 Å². The third-order valence-corrected chi connectivity index (χ3v) is 6.46. The highest BCUT2D eigenvalue weighted by Crippen LogP contribution is 2.27. The molecular formula is C25H27ClN4O2. The van der Waals surface area contributed by atoms with E-state index in [1.54, 1.807) is 0 Å². The quantitative estimate of drug-likeness (QED) is 0.589. The summed E-state index contributed by atoms with van der Waals surface area (Å²) in [4.78, 5) is 17.0. The number of piperazine rings is 1. The molecule has 32 heavy (non-hydrogen) atoms. The second-order valence-electron chi connectivity index (χ2n) is 8.39. The second kappa shape index (κ2) is 9.45. The lowest BCUT2D eigenvalue weighted by Gasteiger charge is -2.35. The summed E-state index contributed by atoms with van der Waals surface area (Å²) in [6, 6.07) is 18.0. The fourth-order valence-electron chi connectivity index (χ4n) is 4.43. The van der Waals surface area contributed by atoms with Crippen molar-refractivity contribution in [1.29, 1.82) is 0 Å². The highest BCUT2D eigenvalue weighted by Gasteiger charge is 2.30. The van der Waals surface area contributed by atoms with Crippen molar-refractivity contribution in [3.8, 4) is 16.9 Å². The van der Waals surface area contributed by atoms with Gasteiger partial charge in [0.25, 0.3) is 5.91 Å². The van der Waals surface area contributed by atoms with E-state index < -0.39 is 0 Å². The molecule has 1 aromatic heterocycles. The van der Waals surface area contributed by atoms with Crippen LogP contribution in [0.4, 0.5) is 0 Å². The van der Waals surface area contributed by atoms with E-state index in [0.717, 1.165) is 68.1 Å². The van der Waals surface area contributed by atoms with Gasteiger partial charge in [0.2, 0.25) is 0 Å². The zero-order valence-electron chi connectivity index (χ0n) is 18.0. The maximum Gasteiger partial charge on any atom is 0.251 e. The van der Waals surface area contributed by atoms with Crippen molar-refractivity contribution in [3.05, 3.63) is 71.4 Å². The van der Waals surface area contributed by atoms with Crippen molar-refractivity contribution in [3.63, 3.8) is 0 Å². The zero-order valence-corrected chi connectivity index (χ0v) is 18.7. The Morgan fingerprint density at radius 3 is 2.47 bits per heavy atom. The van der Waals surface area contributed by atoms with Crippen molar-refractivity contribution >= 4 is 17.5 Å². The lowest BCUT2D eigenvalue weighted by Crippen LogP contribution is -2.51. The van der Waals surface area contributed by atoms with Gasteiger partial charge in [-0.15, -0.1) is 0 Å². The number of carbonyl (C=O) groups excluding carboxylic acids is 1. The first kappa shape index (κ1) is 21.2. The lowest BCUT2D eigenvalue weighted by atomic mass is 10.1. The summed E-state index contributed by atoms with van der Waals surface area (Å²) in [5.41, 5.74) is 4.20. The number of hydrogen-bond acceptors (Lipinski definition) is 4. The van der Waals surface area contributed by atoms with E-state index in [2.05, 4.69) is 23.2 Å². The number of carbonyl (C=O) groups is 1. The van der Waals surface area contributed by atoms with Crippen LogP contribution in [-0.4, -0.2) is 64.4 Å². The standard InChI is InChI=1S/C25H27ClN4O2/c26-21-10-8-19(9-11-21)24-20(18-30(27-24)22-5-2-1-3-6-22)17-28-12-14-29(15-13-28)25(31)23-7-4-16-32-23/h1-3,5-6,8-11,18,23H,4,7,12-17H2. The molecule has 0 bridgehead atoms. The van der Waals surface area contributed by atoms with Crippen molar-refractivity contribution in [2.24, 2.45) is 0 Å². The number of hydrogen-bond donors (Lipinski definition) is 0. The highest BCUT2D eigenvalue weighted by atomic mass is 35.5. The van der Waals surface area contributed by atoms with E-state index >= 15 is 0 Å². The molecule has 2 saturated heterocycles. The predicted molar refractivity (Wildman–Crippen MR) is 125 cm³/mol. The molecule has 2 aliphatic heterocycles. The first-order chi connectivity index (χ1) is 15.7. The number of halogens is 1. The normalized spacial score (nSPS) is 19.4. The Labute approximate surface area is 193 Å². The van der Waals surface area contributed by atoms with Crippen LogP contribution in [0.5, 0.6) is 0 Å². The molecule has 166 valence electrons. The second-order valence-corrected chi connectivity index (χ2v) is 8.83. The number of amides is 1. The van der Waals surface area contributed by atoms with E-state index in [-0.39, 0.29) is 12.0 Å². The van der Waals surface area contributed by atoms with Gasteiger partial charge >= 0.3 is 0 Å². The topological polar surface area (TPSA) is 50.6 Å². The Balaban J connectivity index is 1.33. The molecule has 3 heterocycles. The van der Waals surface area contributed by atoms with Gasteiger partial charge in [0.15, 0.2) is 0 Å². The maximum absolute atomic E-state index is 12.7. The molecule has 5 rings (SSSR count). The minimum atomic E-state index is -0.234. The molecule has 1 amide bonds. The van der Waals surface area contributed by atoms with Crippen LogP contribution < -0.4 is 0 Å². The Morgan fingerprint density at radius 2 is 1.78 bits per heavy atom. The smallest absolute Gasteiger partial charge is 0.251 e. The summed E-state index contributed by atoms with van der Waals surface area (Å²) >= 11 is 6.11. The van der Waals surface area contributed by atoms with E-state index in [4.69, 9.17) is 21.4 Å². The number of ether oxygens (including phenoxy) is 1. The maximum atomic E-state index is 12.7. The zero-order chi connectivity index (χ0) is 21.9. The van der Waals surface area contributed by atoms with Crippen LogP contribution in [0, 0.1) is 0 Å². The number of rotatable bonds is 5.